The van der Waals surface area contributed by atoms with E-state index in [0.717, 1.165) is 56.2 Å². The molecule has 0 amide bonds. The number of aliphatic hydroxyl groups excluding tert-OH is 1. The standard InChI is InChI=1S/C26H31FN2.C4H10O.C2H4O/c1-6-18-17(4)25-26-22(13-15(2)29(26)12-11-28(25)5)24(18)21-14-23(27)20-10-8-7-9-19(20)16(21)3;1-4(2,3)5;1-2-3/h13-14H,6-12H2,1-5H3;5H,1-3H3;2-3H,1H2. The minimum absolute atomic E-state index is 0.00222. The van der Waals surface area contributed by atoms with Crippen molar-refractivity contribution in [3.05, 3.63) is 64.3 Å². The summed E-state index contributed by atoms with van der Waals surface area (Å²) in [7, 11) is 2.20. The van der Waals surface area contributed by atoms with Crippen molar-refractivity contribution in [1.29, 1.82) is 0 Å². The molecule has 37 heavy (non-hydrogen) atoms. The van der Waals surface area contributed by atoms with E-state index in [9.17, 15) is 0 Å². The number of benzene rings is 2. The van der Waals surface area contributed by atoms with Gasteiger partial charge in [0.15, 0.2) is 0 Å². The second-order valence-corrected chi connectivity index (χ2v) is 11.4. The average Bonchev–Trinajstić information content (AvgIpc) is 3.15. The largest absolute Gasteiger partial charge is 0.516 e. The summed E-state index contributed by atoms with van der Waals surface area (Å²) in [5.74, 6) is -0.00222. The number of likely N-dealkylation sites (N-methyl/N-ethyl adjacent to an activating group) is 1. The number of hydrogen-bond acceptors (Lipinski definition) is 3. The molecule has 0 fully saturated rings. The van der Waals surface area contributed by atoms with Crippen LogP contribution in [0.15, 0.2) is 25.0 Å². The van der Waals surface area contributed by atoms with Gasteiger partial charge in [-0.25, -0.2) is 4.39 Å². The first-order chi connectivity index (χ1) is 17.3. The van der Waals surface area contributed by atoms with Gasteiger partial charge in [-0.1, -0.05) is 13.5 Å². The SMILES string of the molecule is C=CO.CC(C)(C)O.CCc1c(C)c2c3c(cc(C)n3CCN2C)c1-c1cc(F)c2c(c1C)CCCC2. The third-order valence-electron chi connectivity index (χ3n) is 7.45. The highest BCUT2D eigenvalue weighted by atomic mass is 19.1. The third kappa shape index (κ3) is 5.72. The number of aliphatic hydroxyl groups is 2. The molecule has 0 saturated carbocycles. The van der Waals surface area contributed by atoms with Gasteiger partial charge in [0.05, 0.1) is 23.1 Å². The van der Waals surface area contributed by atoms with Gasteiger partial charge in [-0.3, -0.25) is 0 Å². The second kappa shape index (κ2) is 11.3. The van der Waals surface area contributed by atoms with Gasteiger partial charge in [0.25, 0.3) is 0 Å². The van der Waals surface area contributed by atoms with E-state index in [-0.39, 0.29) is 5.82 Å². The van der Waals surface area contributed by atoms with Crippen molar-refractivity contribution in [1.82, 2.24) is 4.57 Å². The highest BCUT2D eigenvalue weighted by Gasteiger charge is 2.28. The summed E-state index contributed by atoms with van der Waals surface area (Å²) in [6.45, 7) is 19.1. The zero-order valence-electron chi connectivity index (χ0n) is 24.1. The van der Waals surface area contributed by atoms with Gasteiger partial charge in [-0.15, -0.1) is 0 Å². The van der Waals surface area contributed by atoms with Crippen LogP contribution in [0.5, 0.6) is 0 Å². The van der Waals surface area contributed by atoms with Gasteiger partial charge >= 0.3 is 0 Å². The maximum atomic E-state index is 15.2. The topological polar surface area (TPSA) is 48.6 Å². The lowest BCUT2D eigenvalue weighted by molar-refractivity contribution is 0.102. The third-order valence-corrected chi connectivity index (χ3v) is 7.45. The maximum absolute atomic E-state index is 15.2. The van der Waals surface area contributed by atoms with Crippen molar-refractivity contribution in [2.24, 2.45) is 0 Å². The lowest BCUT2D eigenvalue weighted by Crippen LogP contribution is -2.29. The van der Waals surface area contributed by atoms with E-state index in [4.69, 9.17) is 10.2 Å². The number of aromatic nitrogens is 1. The van der Waals surface area contributed by atoms with Gasteiger partial charge < -0.3 is 19.7 Å². The van der Waals surface area contributed by atoms with E-state index in [1.165, 1.54) is 56.5 Å². The molecule has 1 aliphatic carbocycles. The van der Waals surface area contributed by atoms with Crippen LogP contribution in [0.3, 0.4) is 0 Å². The number of fused-ring (bicyclic) bond motifs is 1. The lowest BCUT2D eigenvalue weighted by atomic mass is 9.81. The van der Waals surface area contributed by atoms with E-state index >= 15 is 4.39 Å². The van der Waals surface area contributed by atoms with E-state index in [0.29, 0.717) is 0 Å². The van der Waals surface area contributed by atoms with Crippen LogP contribution in [0.1, 0.15) is 74.0 Å². The zero-order chi connectivity index (χ0) is 27.7. The summed E-state index contributed by atoms with van der Waals surface area (Å²) in [5.41, 5.74) is 12.1. The van der Waals surface area contributed by atoms with Crippen molar-refractivity contribution in [3.63, 3.8) is 0 Å². The van der Waals surface area contributed by atoms with Crippen LogP contribution < -0.4 is 4.90 Å². The van der Waals surface area contributed by atoms with Crippen molar-refractivity contribution >= 4 is 16.6 Å². The predicted octanol–water partition coefficient (Wildman–Crippen LogP) is 7.73. The maximum Gasteiger partial charge on any atom is 0.127 e. The van der Waals surface area contributed by atoms with E-state index in [1.807, 2.05) is 6.07 Å². The summed E-state index contributed by atoms with van der Waals surface area (Å²) < 4.78 is 17.7. The molecule has 1 aromatic heterocycles. The Balaban J connectivity index is 0.000000420. The molecule has 1 aliphatic heterocycles. The average molecular weight is 509 g/mol. The molecule has 5 rings (SSSR count). The Morgan fingerprint density at radius 1 is 1.03 bits per heavy atom. The molecule has 3 aromatic rings. The Bertz CT molecular complexity index is 1290. The van der Waals surface area contributed by atoms with Crippen LogP contribution in [0, 0.1) is 26.6 Å². The van der Waals surface area contributed by atoms with Crippen molar-refractivity contribution in [2.45, 2.75) is 92.7 Å². The summed E-state index contributed by atoms with van der Waals surface area (Å²) in [6, 6.07) is 4.18. The smallest absolute Gasteiger partial charge is 0.127 e. The Kier molecular flexibility index (Phi) is 8.79. The molecule has 202 valence electrons. The predicted molar refractivity (Wildman–Crippen MR) is 156 cm³/mol. The van der Waals surface area contributed by atoms with Gasteiger partial charge in [0, 0.05) is 31.2 Å². The van der Waals surface area contributed by atoms with E-state index in [2.05, 4.69) is 56.9 Å². The van der Waals surface area contributed by atoms with Crippen LogP contribution in [0.4, 0.5) is 10.1 Å². The first-order valence-corrected chi connectivity index (χ1v) is 13.5. The number of aryl methyl sites for hydroxylation is 1. The van der Waals surface area contributed by atoms with Crippen LogP contribution >= 0.6 is 0 Å². The lowest BCUT2D eigenvalue weighted by Gasteiger charge is -2.32. The molecule has 0 unspecified atom stereocenters. The zero-order valence-corrected chi connectivity index (χ0v) is 24.1. The fourth-order valence-corrected chi connectivity index (χ4v) is 5.99. The first-order valence-electron chi connectivity index (χ1n) is 13.5. The Morgan fingerprint density at radius 2 is 1.59 bits per heavy atom. The molecule has 2 aromatic carbocycles. The van der Waals surface area contributed by atoms with Crippen LogP contribution in [0.25, 0.3) is 22.0 Å². The van der Waals surface area contributed by atoms with Gasteiger partial charge in [-0.05, 0) is 125 Å². The van der Waals surface area contributed by atoms with Crippen molar-refractivity contribution in [3.8, 4) is 11.1 Å². The highest BCUT2D eigenvalue weighted by molar-refractivity contribution is 6.07. The van der Waals surface area contributed by atoms with Crippen molar-refractivity contribution in [2.75, 3.05) is 18.5 Å². The molecule has 5 heteroatoms. The molecule has 0 radical (unpaired) electrons. The van der Waals surface area contributed by atoms with Crippen LogP contribution in [-0.2, 0) is 25.8 Å². The molecule has 0 atom stereocenters. The van der Waals surface area contributed by atoms with E-state index in [1.54, 1.807) is 20.8 Å². The molecule has 0 bridgehead atoms. The Morgan fingerprint density at radius 3 is 2.16 bits per heavy atom. The minimum Gasteiger partial charge on any atom is -0.516 e. The highest BCUT2D eigenvalue weighted by Crippen LogP contribution is 2.46. The van der Waals surface area contributed by atoms with Gasteiger partial charge in [0.1, 0.15) is 5.82 Å². The summed E-state index contributed by atoms with van der Waals surface area (Å²) in [6.07, 6.45) is 5.88. The minimum atomic E-state index is -0.500. The van der Waals surface area contributed by atoms with Crippen LogP contribution in [0.2, 0.25) is 0 Å². The monoisotopic (exact) mass is 508 g/mol. The molecule has 2 aliphatic rings. The molecule has 4 nitrogen and oxygen atoms in total. The number of rotatable bonds is 2. The molecular weight excluding hydrogens is 463 g/mol. The second-order valence-electron chi connectivity index (χ2n) is 11.4. The number of anilines is 1. The quantitative estimate of drug-likeness (QED) is 0.348. The first kappa shape index (κ1) is 28.8. The fraction of sp³-hybridized carbons (Fsp3) is 0.500. The van der Waals surface area contributed by atoms with Crippen molar-refractivity contribution < 1.29 is 14.6 Å². The Labute approximate surface area is 222 Å². The molecule has 2 N–H and O–H groups in total. The summed E-state index contributed by atoms with van der Waals surface area (Å²) in [4.78, 5) is 2.40. The number of nitrogens with zero attached hydrogens (tertiary/aromatic N) is 2. The number of hydrogen-bond donors (Lipinski definition) is 2. The summed E-state index contributed by atoms with van der Waals surface area (Å²) in [5, 5.41) is 17.2. The molecule has 0 spiro atoms. The van der Waals surface area contributed by atoms with Crippen LogP contribution in [-0.4, -0.2) is 34.0 Å². The summed E-state index contributed by atoms with van der Waals surface area (Å²) >= 11 is 0. The van der Waals surface area contributed by atoms with E-state index < -0.39 is 5.60 Å². The van der Waals surface area contributed by atoms with Gasteiger partial charge in [-0.2, -0.15) is 0 Å². The number of halogens is 1. The molecule has 0 saturated heterocycles. The van der Waals surface area contributed by atoms with Gasteiger partial charge in [0.2, 0.25) is 0 Å². The fourth-order valence-electron chi connectivity index (χ4n) is 5.99. The molecular formula is C32H45FN2O2. The normalized spacial score (nSPS) is 14.4. The Hall–Kier alpha value is -2.79. The molecule has 2 heterocycles.